The smallest absolute Gasteiger partial charge is 0.175 e. The second kappa shape index (κ2) is 9.23. The van der Waals surface area contributed by atoms with Gasteiger partial charge < -0.3 is 15.2 Å². The lowest BCUT2D eigenvalue weighted by molar-refractivity contribution is -0.0277. The number of rotatable bonds is 7. The van der Waals surface area contributed by atoms with Crippen LogP contribution in [-0.2, 0) is 14.6 Å². The van der Waals surface area contributed by atoms with Gasteiger partial charge >= 0.3 is 0 Å². The molecule has 0 aromatic heterocycles. The van der Waals surface area contributed by atoms with Gasteiger partial charge in [-0.25, -0.2) is 8.42 Å². The first kappa shape index (κ1) is 22.4. The van der Waals surface area contributed by atoms with Gasteiger partial charge in [0.1, 0.15) is 5.75 Å². The van der Waals surface area contributed by atoms with E-state index < -0.39 is 9.84 Å². The van der Waals surface area contributed by atoms with Crippen molar-refractivity contribution in [1.29, 1.82) is 0 Å². The van der Waals surface area contributed by atoms with E-state index in [0.717, 1.165) is 51.8 Å². The number of ether oxygens (including phenoxy) is 1. The Hall–Kier alpha value is -1.31. The number of phenolic OH excluding ortho intramolecular Hbond substituents is 1. The molecule has 1 saturated carbocycles. The molecule has 1 aromatic rings. The highest BCUT2D eigenvalue weighted by molar-refractivity contribution is 7.90. The second-order valence-electron chi connectivity index (χ2n) is 8.92. The summed E-state index contributed by atoms with van der Waals surface area (Å²) in [7, 11) is -3.29. The Morgan fingerprint density at radius 2 is 1.86 bits per heavy atom. The predicted octanol–water partition coefficient (Wildman–Crippen LogP) is 3.80. The number of aromatic hydroxyl groups is 1. The molecule has 1 aliphatic carbocycles. The van der Waals surface area contributed by atoms with E-state index in [2.05, 4.69) is 24.1 Å². The molecule has 1 aromatic carbocycles. The van der Waals surface area contributed by atoms with Crippen molar-refractivity contribution in [1.82, 2.24) is 4.90 Å². The van der Waals surface area contributed by atoms with Crippen LogP contribution in [0.3, 0.4) is 0 Å². The van der Waals surface area contributed by atoms with Gasteiger partial charge in [-0.1, -0.05) is 6.92 Å². The van der Waals surface area contributed by atoms with E-state index in [1.165, 1.54) is 37.3 Å². The predicted molar refractivity (Wildman–Crippen MR) is 116 cm³/mol. The summed E-state index contributed by atoms with van der Waals surface area (Å²) in [4.78, 5) is 2.85. The summed E-state index contributed by atoms with van der Waals surface area (Å²) in [5.74, 6) is 0.0946. The zero-order valence-electron chi connectivity index (χ0n) is 18.0. The van der Waals surface area contributed by atoms with Crippen LogP contribution in [0.4, 0.5) is 5.69 Å². The van der Waals surface area contributed by atoms with E-state index >= 15 is 0 Å². The van der Waals surface area contributed by atoms with Gasteiger partial charge in [-0.05, 0) is 70.1 Å². The molecule has 3 rings (SSSR count). The molecule has 2 fully saturated rings. The molecule has 0 spiro atoms. The molecule has 1 aliphatic heterocycles. The zero-order chi connectivity index (χ0) is 21.1. The summed E-state index contributed by atoms with van der Waals surface area (Å²) in [5, 5.41) is 13.5. The van der Waals surface area contributed by atoms with E-state index in [-0.39, 0.29) is 22.2 Å². The lowest BCUT2D eigenvalue weighted by atomic mass is 9.79. The number of sulfone groups is 1. The third-order valence-corrected chi connectivity index (χ3v) is 7.69. The van der Waals surface area contributed by atoms with E-state index in [4.69, 9.17) is 4.74 Å². The highest BCUT2D eigenvalue weighted by Crippen LogP contribution is 2.37. The van der Waals surface area contributed by atoms with Crippen LogP contribution >= 0.6 is 0 Å². The number of hydrogen-bond acceptors (Lipinski definition) is 6. The molecule has 2 aliphatic rings. The molecule has 0 amide bonds. The maximum absolute atomic E-state index is 11.8. The number of anilines is 1. The Kier molecular flexibility index (Phi) is 7.12. The van der Waals surface area contributed by atoms with Crippen LogP contribution in [0, 0.1) is 0 Å². The molecule has 0 atom stereocenters. The first-order chi connectivity index (χ1) is 13.7. The summed E-state index contributed by atoms with van der Waals surface area (Å²) >= 11 is 0. The largest absolute Gasteiger partial charge is 0.506 e. The van der Waals surface area contributed by atoms with Crippen molar-refractivity contribution in [2.75, 3.05) is 31.3 Å². The molecule has 164 valence electrons. The van der Waals surface area contributed by atoms with Gasteiger partial charge in [0.25, 0.3) is 0 Å². The summed E-state index contributed by atoms with van der Waals surface area (Å²) < 4.78 is 29.5. The van der Waals surface area contributed by atoms with Crippen molar-refractivity contribution in [3.05, 3.63) is 18.2 Å². The molecule has 0 bridgehead atoms. The van der Waals surface area contributed by atoms with Gasteiger partial charge in [0.05, 0.1) is 16.7 Å². The van der Waals surface area contributed by atoms with Crippen LogP contribution in [0.2, 0.25) is 0 Å². The van der Waals surface area contributed by atoms with Gasteiger partial charge in [0, 0.05) is 37.5 Å². The molecule has 29 heavy (non-hydrogen) atoms. The summed E-state index contributed by atoms with van der Waals surface area (Å²) in [6.45, 7) is 7.44. The molecular formula is C22H36N2O4S. The number of piperidine rings is 1. The maximum atomic E-state index is 11.8. The Morgan fingerprint density at radius 3 is 2.45 bits per heavy atom. The fraction of sp³-hybridized carbons (Fsp3) is 0.727. The lowest BCUT2D eigenvalue weighted by Crippen LogP contribution is -2.53. The fourth-order valence-corrected chi connectivity index (χ4v) is 5.27. The van der Waals surface area contributed by atoms with Crippen LogP contribution in [0.5, 0.6) is 5.75 Å². The Balaban J connectivity index is 1.54. The van der Waals surface area contributed by atoms with E-state index in [1.54, 1.807) is 0 Å². The third kappa shape index (κ3) is 5.64. The van der Waals surface area contributed by atoms with Gasteiger partial charge in [-0.3, -0.25) is 4.90 Å². The monoisotopic (exact) mass is 424 g/mol. The number of nitrogens with one attached hydrogen (secondary N) is 1. The quantitative estimate of drug-likeness (QED) is 0.648. The molecule has 1 saturated heterocycles. The Bertz CT molecular complexity index is 780. The van der Waals surface area contributed by atoms with Gasteiger partial charge in [0.15, 0.2) is 9.84 Å². The summed E-state index contributed by atoms with van der Waals surface area (Å²) in [6, 6.07) is 4.67. The highest BCUT2D eigenvalue weighted by atomic mass is 32.2. The van der Waals surface area contributed by atoms with Crippen molar-refractivity contribution < 1.29 is 18.3 Å². The fourth-order valence-electron chi connectivity index (χ4n) is 4.63. The molecule has 1 heterocycles. The van der Waals surface area contributed by atoms with Crippen LogP contribution in [-0.4, -0.2) is 62.1 Å². The number of phenols is 1. The minimum Gasteiger partial charge on any atom is -0.506 e. The van der Waals surface area contributed by atoms with Crippen molar-refractivity contribution in [2.24, 2.45) is 0 Å². The first-order valence-corrected chi connectivity index (χ1v) is 12.8. The highest BCUT2D eigenvalue weighted by Gasteiger charge is 2.38. The normalized spacial score (nSPS) is 27.1. The topological polar surface area (TPSA) is 78.9 Å². The van der Waals surface area contributed by atoms with Crippen molar-refractivity contribution in [2.45, 2.75) is 81.4 Å². The number of nitrogens with zero attached hydrogens (tertiary/aromatic N) is 1. The summed E-state index contributed by atoms with van der Waals surface area (Å²) in [6.07, 6.45) is 9.28. The van der Waals surface area contributed by atoms with Crippen molar-refractivity contribution in [3.8, 4) is 5.75 Å². The number of hydrogen-bond donors (Lipinski definition) is 2. The molecule has 2 N–H and O–H groups in total. The van der Waals surface area contributed by atoms with E-state index in [9.17, 15) is 13.5 Å². The third-order valence-electron chi connectivity index (χ3n) is 6.58. The SMILES string of the molecule is CCCO[C@H]1CC[C@](C)(N2CCC(Nc3cc(S(C)(=O)=O)ccc3O)CC2)CC1. The van der Waals surface area contributed by atoms with Crippen LogP contribution in [0.15, 0.2) is 23.1 Å². The number of benzene rings is 1. The molecular weight excluding hydrogens is 388 g/mol. The standard InChI is InChI=1S/C22H36N2O4S/c1-4-15-28-18-7-11-22(2,12-8-18)24-13-9-17(10-14-24)23-20-16-19(29(3,26)27)5-6-21(20)25/h5-6,16-18,23,25H,4,7-15H2,1-3H3/t18-,22-. The molecule has 7 heteroatoms. The summed E-state index contributed by atoms with van der Waals surface area (Å²) in [5.41, 5.74) is 0.751. The van der Waals surface area contributed by atoms with Crippen LogP contribution < -0.4 is 5.32 Å². The maximum Gasteiger partial charge on any atom is 0.175 e. The minimum absolute atomic E-state index is 0.0946. The second-order valence-corrected chi connectivity index (χ2v) is 10.9. The van der Waals surface area contributed by atoms with Crippen molar-refractivity contribution in [3.63, 3.8) is 0 Å². The van der Waals surface area contributed by atoms with Gasteiger partial charge in [-0.2, -0.15) is 0 Å². The average Bonchev–Trinajstić information content (AvgIpc) is 2.69. The van der Waals surface area contributed by atoms with Gasteiger partial charge in [-0.15, -0.1) is 0 Å². The molecule has 6 nitrogen and oxygen atoms in total. The van der Waals surface area contributed by atoms with E-state index in [0.29, 0.717) is 11.8 Å². The Morgan fingerprint density at radius 1 is 1.21 bits per heavy atom. The first-order valence-electron chi connectivity index (χ1n) is 10.9. The molecule has 0 unspecified atom stereocenters. The van der Waals surface area contributed by atoms with Crippen molar-refractivity contribution >= 4 is 15.5 Å². The van der Waals surface area contributed by atoms with Crippen LogP contribution in [0.1, 0.15) is 58.8 Å². The van der Waals surface area contributed by atoms with E-state index in [1.807, 2.05) is 0 Å². The minimum atomic E-state index is -3.29. The van der Waals surface area contributed by atoms with Gasteiger partial charge in [0.2, 0.25) is 0 Å². The van der Waals surface area contributed by atoms with Crippen LogP contribution in [0.25, 0.3) is 0 Å². The zero-order valence-corrected chi connectivity index (χ0v) is 18.8. The average molecular weight is 425 g/mol. The Labute approximate surface area is 175 Å². The number of likely N-dealkylation sites (tertiary alicyclic amines) is 1. The molecule has 0 radical (unpaired) electrons. The lowest BCUT2D eigenvalue weighted by Gasteiger charge is -2.48.